The Morgan fingerprint density at radius 3 is 2.54 bits per heavy atom. The van der Waals surface area contributed by atoms with Crippen LogP contribution in [-0.4, -0.2) is 36.4 Å². The minimum Gasteiger partial charge on any atom is -0.392 e. The Balaban J connectivity index is 3.74. The van der Waals surface area contributed by atoms with Crippen molar-refractivity contribution in [3.05, 3.63) is 0 Å². The minimum atomic E-state index is -0.505. The average molecular weight is 189 g/mol. The molecule has 0 aliphatic heterocycles. The SMILES string of the molecule is COC(C)(C)CC(=O)NC[C@H](C)O. The van der Waals surface area contributed by atoms with Crippen LogP contribution < -0.4 is 5.32 Å². The zero-order valence-electron chi connectivity index (χ0n) is 8.76. The molecular formula is C9H19NO3. The summed E-state index contributed by atoms with van der Waals surface area (Å²) in [5.74, 6) is -0.104. The number of carbonyl (C=O) groups is 1. The second-order valence-corrected chi connectivity index (χ2v) is 3.79. The van der Waals surface area contributed by atoms with E-state index >= 15 is 0 Å². The number of methoxy groups -OCH3 is 1. The fourth-order valence-electron chi connectivity index (χ4n) is 0.783. The molecule has 0 unspecified atom stereocenters. The van der Waals surface area contributed by atoms with E-state index in [1.54, 1.807) is 14.0 Å². The summed E-state index contributed by atoms with van der Waals surface area (Å²) in [4.78, 5) is 11.2. The zero-order chi connectivity index (χ0) is 10.5. The van der Waals surface area contributed by atoms with Gasteiger partial charge in [-0.25, -0.2) is 0 Å². The molecule has 0 spiro atoms. The molecule has 0 bridgehead atoms. The first-order valence-electron chi connectivity index (χ1n) is 4.37. The largest absolute Gasteiger partial charge is 0.392 e. The number of hydrogen-bond acceptors (Lipinski definition) is 3. The van der Waals surface area contributed by atoms with E-state index in [2.05, 4.69) is 5.32 Å². The fourth-order valence-corrected chi connectivity index (χ4v) is 0.783. The van der Waals surface area contributed by atoms with Gasteiger partial charge in [0.05, 0.1) is 18.1 Å². The van der Waals surface area contributed by atoms with Crippen molar-refractivity contribution in [2.24, 2.45) is 0 Å². The Morgan fingerprint density at radius 1 is 1.62 bits per heavy atom. The molecule has 78 valence electrons. The van der Waals surface area contributed by atoms with Gasteiger partial charge < -0.3 is 15.2 Å². The van der Waals surface area contributed by atoms with Gasteiger partial charge in [-0.2, -0.15) is 0 Å². The molecule has 1 atom stereocenters. The normalized spacial score (nSPS) is 13.9. The van der Waals surface area contributed by atoms with E-state index in [1.807, 2.05) is 13.8 Å². The highest BCUT2D eigenvalue weighted by molar-refractivity contribution is 5.76. The van der Waals surface area contributed by atoms with Crippen molar-refractivity contribution in [3.8, 4) is 0 Å². The number of rotatable bonds is 5. The van der Waals surface area contributed by atoms with Gasteiger partial charge in [0, 0.05) is 13.7 Å². The first-order chi connectivity index (χ1) is 5.87. The molecule has 0 aromatic rings. The number of nitrogens with one attached hydrogen (secondary N) is 1. The lowest BCUT2D eigenvalue weighted by molar-refractivity contribution is -0.126. The van der Waals surface area contributed by atoms with Crippen molar-refractivity contribution in [3.63, 3.8) is 0 Å². The van der Waals surface area contributed by atoms with Crippen LogP contribution in [0.2, 0.25) is 0 Å². The summed E-state index contributed by atoms with van der Waals surface area (Å²) in [6.07, 6.45) is -0.203. The summed E-state index contributed by atoms with van der Waals surface area (Å²) in [5, 5.41) is 11.5. The average Bonchev–Trinajstić information content (AvgIpc) is 2.00. The second-order valence-electron chi connectivity index (χ2n) is 3.79. The topological polar surface area (TPSA) is 58.6 Å². The molecule has 0 heterocycles. The van der Waals surface area contributed by atoms with Gasteiger partial charge in [0.2, 0.25) is 5.91 Å². The van der Waals surface area contributed by atoms with Crippen LogP contribution in [0.5, 0.6) is 0 Å². The van der Waals surface area contributed by atoms with Gasteiger partial charge in [-0.05, 0) is 20.8 Å². The van der Waals surface area contributed by atoms with Gasteiger partial charge in [-0.1, -0.05) is 0 Å². The molecule has 0 aromatic heterocycles. The number of carbonyl (C=O) groups excluding carboxylic acids is 1. The van der Waals surface area contributed by atoms with Crippen molar-refractivity contribution in [2.75, 3.05) is 13.7 Å². The third-order valence-electron chi connectivity index (χ3n) is 1.73. The summed E-state index contributed by atoms with van der Waals surface area (Å²) in [6.45, 7) is 5.60. The number of ether oxygens (including phenoxy) is 1. The number of hydrogen-bond donors (Lipinski definition) is 2. The predicted octanol–water partition coefficient (Wildman–Crippen LogP) is 0.299. The van der Waals surface area contributed by atoms with Gasteiger partial charge in [0.15, 0.2) is 0 Å². The number of aliphatic hydroxyl groups is 1. The molecule has 0 radical (unpaired) electrons. The highest BCUT2D eigenvalue weighted by Crippen LogP contribution is 2.11. The van der Waals surface area contributed by atoms with Gasteiger partial charge in [-0.3, -0.25) is 4.79 Å². The van der Waals surface area contributed by atoms with E-state index in [0.29, 0.717) is 13.0 Å². The number of amides is 1. The van der Waals surface area contributed by atoms with Crippen LogP contribution in [-0.2, 0) is 9.53 Å². The molecule has 4 heteroatoms. The lowest BCUT2D eigenvalue weighted by Crippen LogP contribution is -2.36. The quantitative estimate of drug-likeness (QED) is 0.654. The van der Waals surface area contributed by atoms with Crippen LogP contribution in [0.15, 0.2) is 0 Å². The summed E-state index contributed by atoms with van der Waals surface area (Å²) >= 11 is 0. The molecule has 0 saturated carbocycles. The first-order valence-corrected chi connectivity index (χ1v) is 4.37. The lowest BCUT2D eigenvalue weighted by Gasteiger charge is -2.22. The predicted molar refractivity (Wildman–Crippen MR) is 50.4 cm³/mol. The maximum Gasteiger partial charge on any atom is 0.222 e. The van der Waals surface area contributed by atoms with Gasteiger partial charge >= 0.3 is 0 Å². The Kier molecular flexibility index (Phi) is 4.95. The third kappa shape index (κ3) is 6.54. The molecular weight excluding hydrogens is 170 g/mol. The van der Waals surface area contributed by atoms with E-state index in [4.69, 9.17) is 9.84 Å². The lowest BCUT2D eigenvalue weighted by atomic mass is 10.1. The van der Waals surface area contributed by atoms with Crippen molar-refractivity contribution in [1.29, 1.82) is 0 Å². The molecule has 0 aliphatic carbocycles. The maximum atomic E-state index is 11.2. The molecule has 0 rings (SSSR count). The van der Waals surface area contributed by atoms with Crippen LogP contribution in [0, 0.1) is 0 Å². The molecule has 4 nitrogen and oxygen atoms in total. The standard InChI is InChI=1S/C9H19NO3/c1-7(11)6-10-8(12)5-9(2,3)13-4/h7,11H,5-6H2,1-4H3,(H,10,12)/t7-/m0/s1. The van der Waals surface area contributed by atoms with E-state index in [-0.39, 0.29) is 5.91 Å². The molecule has 2 N–H and O–H groups in total. The monoisotopic (exact) mass is 189 g/mol. The van der Waals surface area contributed by atoms with E-state index < -0.39 is 11.7 Å². The van der Waals surface area contributed by atoms with Gasteiger partial charge in [0.25, 0.3) is 0 Å². The van der Waals surface area contributed by atoms with Gasteiger partial charge in [0.1, 0.15) is 0 Å². The Morgan fingerprint density at radius 2 is 2.15 bits per heavy atom. The molecule has 0 fully saturated rings. The summed E-state index contributed by atoms with van der Waals surface area (Å²) in [5.41, 5.74) is -0.442. The Bertz CT molecular complexity index is 166. The molecule has 0 aliphatic rings. The summed E-state index contributed by atoms with van der Waals surface area (Å²) < 4.78 is 5.09. The summed E-state index contributed by atoms with van der Waals surface area (Å²) in [6, 6.07) is 0. The van der Waals surface area contributed by atoms with Crippen LogP contribution in [0.1, 0.15) is 27.2 Å². The van der Waals surface area contributed by atoms with E-state index in [9.17, 15) is 4.79 Å². The molecule has 0 aromatic carbocycles. The van der Waals surface area contributed by atoms with E-state index in [0.717, 1.165) is 0 Å². The highest BCUT2D eigenvalue weighted by atomic mass is 16.5. The summed E-state index contributed by atoms with van der Waals surface area (Å²) in [7, 11) is 1.57. The minimum absolute atomic E-state index is 0.104. The fraction of sp³-hybridized carbons (Fsp3) is 0.889. The van der Waals surface area contributed by atoms with Crippen LogP contribution >= 0.6 is 0 Å². The van der Waals surface area contributed by atoms with Crippen LogP contribution in [0.25, 0.3) is 0 Å². The molecule has 13 heavy (non-hydrogen) atoms. The van der Waals surface area contributed by atoms with Crippen molar-refractivity contribution in [1.82, 2.24) is 5.32 Å². The smallest absolute Gasteiger partial charge is 0.222 e. The second kappa shape index (κ2) is 5.19. The Labute approximate surface area is 79.3 Å². The van der Waals surface area contributed by atoms with E-state index in [1.165, 1.54) is 0 Å². The van der Waals surface area contributed by atoms with Crippen molar-refractivity contribution >= 4 is 5.91 Å². The maximum absolute atomic E-state index is 11.2. The van der Waals surface area contributed by atoms with Crippen LogP contribution in [0.4, 0.5) is 0 Å². The Hall–Kier alpha value is -0.610. The number of aliphatic hydroxyl groups excluding tert-OH is 1. The van der Waals surface area contributed by atoms with Gasteiger partial charge in [-0.15, -0.1) is 0 Å². The van der Waals surface area contributed by atoms with Crippen molar-refractivity contribution in [2.45, 2.75) is 38.9 Å². The zero-order valence-corrected chi connectivity index (χ0v) is 8.76. The van der Waals surface area contributed by atoms with Crippen molar-refractivity contribution < 1.29 is 14.6 Å². The highest BCUT2D eigenvalue weighted by Gasteiger charge is 2.20. The van der Waals surface area contributed by atoms with Crippen LogP contribution in [0.3, 0.4) is 0 Å². The molecule has 1 amide bonds. The molecule has 0 saturated heterocycles. The first kappa shape index (κ1) is 12.4. The third-order valence-corrected chi connectivity index (χ3v) is 1.73.